The molecule has 4 heterocycles. The molecule has 1 fully saturated rings. The van der Waals surface area contributed by atoms with E-state index in [1.54, 1.807) is 23.7 Å². The SMILES string of the molecule is O[C@H]1CNC[C@@H]1Nc1nc(-c2ccncc2)nc2ccsc12. The first kappa shape index (κ1) is 13.6. The number of aliphatic hydroxyl groups excluding tert-OH is 1. The monoisotopic (exact) mass is 313 g/mol. The minimum atomic E-state index is -0.408. The summed E-state index contributed by atoms with van der Waals surface area (Å²) in [5, 5.41) is 18.5. The Morgan fingerprint density at radius 2 is 2.05 bits per heavy atom. The number of hydrogen-bond donors (Lipinski definition) is 3. The molecule has 4 rings (SSSR count). The molecule has 0 saturated carbocycles. The summed E-state index contributed by atoms with van der Waals surface area (Å²) >= 11 is 1.60. The third-order valence-corrected chi connectivity index (χ3v) is 4.66. The summed E-state index contributed by atoms with van der Waals surface area (Å²) < 4.78 is 1.01. The smallest absolute Gasteiger partial charge is 0.162 e. The molecule has 0 radical (unpaired) electrons. The maximum Gasteiger partial charge on any atom is 0.162 e. The largest absolute Gasteiger partial charge is 0.390 e. The van der Waals surface area contributed by atoms with Gasteiger partial charge in [0.15, 0.2) is 5.82 Å². The van der Waals surface area contributed by atoms with Gasteiger partial charge in [-0.2, -0.15) is 0 Å². The molecule has 0 spiro atoms. The summed E-state index contributed by atoms with van der Waals surface area (Å²) in [4.78, 5) is 13.3. The highest BCUT2D eigenvalue weighted by Crippen LogP contribution is 2.29. The summed E-state index contributed by atoms with van der Waals surface area (Å²) in [6.45, 7) is 1.33. The van der Waals surface area contributed by atoms with Gasteiger partial charge in [0.05, 0.1) is 22.4 Å². The second-order valence-electron chi connectivity index (χ2n) is 5.24. The lowest BCUT2D eigenvalue weighted by Gasteiger charge is -2.17. The Kier molecular flexibility index (Phi) is 3.45. The highest BCUT2D eigenvalue weighted by atomic mass is 32.1. The average molecular weight is 313 g/mol. The van der Waals surface area contributed by atoms with Gasteiger partial charge in [-0.15, -0.1) is 11.3 Å². The van der Waals surface area contributed by atoms with Crippen LogP contribution in [0.2, 0.25) is 0 Å². The Bertz CT molecular complexity index is 791. The van der Waals surface area contributed by atoms with Crippen LogP contribution in [-0.4, -0.2) is 45.3 Å². The second kappa shape index (κ2) is 5.60. The lowest BCUT2D eigenvalue weighted by Crippen LogP contribution is -2.32. The number of aromatic nitrogens is 3. The highest BCUT2D eigenvalue weighted by molar-refractivity contribution is 7.17. The van der Waals surface area contributed by atoms with Gasteiger partial charge in [-0.3, -0.25) is 4.98 Å². The minimum absolute atomic E-state index is 0.0366. The van der Waals surface area contributed by atoms with Crippen molar-refractivity contribution in [1.82, 2.24) is 20.3 Å². The van der Waals surface area contributed by atoms with Gasteiger partial charge < -0.3 is 15.7 Å². The van der Waals surface area contributed by atoms with E-state index in [-0.39, 0.29) is 6.04 Å². The Morgan fingerprint density at radius 3 is 2.82 bits per heavy atom. The summed E-state index contributed by atoms with van der Waals surface area (Å²) in [6.07, 6.45) is 3.05. The van der Waals surface area contributed by atoms with E-state index >= 15 is 0 Å². The third-order valence-electron chi connectivity index (χ3n) is 3.75. The first-order valence-corrected chi connectivity index (χ1v) is 8.00. The molecule has 0 unspecified atom stereocenters. The number of nitrogens with one attached hydrogen (secondary N) is 2. The molecule has 3 aromatic rings. The van der Waals surface area contributed by atoms with E-state index in [0.717, 1.165) is 28.1 Å². The fourth-order valence-electron chi connectivity index (χ4n) is 2.58. The lowest BCUT2D eigenvalue weighted by atomic mass is 10.2. The molecule has 1 saturated heterocycles. The van der Waals surface area contributed by atoms with Gasteiger partial charge in [0.1, 0.15) is 5.82 Å². The Labute approximate surface area is 131 Å². The first-order chi connectivity index (χ1) is 10.8. The summed E-state index contributed by atoms with van der Waals surface area (Å²) in [7, 11) is 0. The van der Waals surface area contributed by atoms with Crippen molar-refractivity contribution in [3.8, 4) is 11.4 Å². The Morgan fingerprint density at radius 1 is 1.18 bits per heavy atom. The van der Waals surface area contributed by atoms with Crippen LogP contribution in [0.4, 0.5) is 5.82 Å². The van der Waals surface area contributed by atoms with E-state index in [1.807, 2.05) is 23.6 Å². The standard InChI is InChI=1S/C15H15N5OS/c21-12-8-17-7-11(12)19-15-13-10(3-6-22-13)18-14(20-15)9-1-4-16-5-2-9/h1-6,11-12,17,21H,7-8H2,(H,18,19,20)/t11-,12-/m0/s1. The predicted molar refractivity (Wildman–Crippen MR) is 86.9 cm³/mol. The number of β-amino-alcohol motifs (C(OH)–C–C–N with tert-alkyl or cyclic N) is 1. The van der Waals surface area contributed by atoms with Crippen molar-refractivity contribution in [3.05, 3.63) is 36.0 Å². The minimum Gasteiger partial charge on any atom is -0.390 e. The predicted octanol–water partition coefficient (Wildman–Crippen LogP) is 1.50. The molecule has 2 atom stereocenters. The number of aliphatic hydroxyl groups is 1. The Balaban J connectivity index is 1.77. The summed E-state index contributed by atoms with van der Waals surface area (Å²) in [6, 6.07) is 5.73. The van der Waals surface area contributed by atoms with Gasteiger partial charge in [-0.05, 0) is 23.6 Å². The van der Waals surface area contributed by atoms with Crippen LogP contribution in [-0.2, 0) is 0 Å². The number of rotatable bonds is 3. The molecule has 22 heavy (non-hydrogen) atoms. The zero-order valence-corrected chi connectivity index (χ0v) is 12.5. The summed E-state index contributed by atoms with van der Waals surface area (Å²) in [5.41, 5.74) is 1.84. The van der Waals surface area contributed by atoms with Crippen molar-refractivity contribution in [2.45, 2.75) is 12.1 Å². The maximum absolute atomic E-state index is 9.99. The van der Waals surface area contributed by atoms with E-state index in [1.165, 1.54) is 0 Å². The highest BCUT2D eigenvalue weighted by Gasteiger charge is 2.26. The van der Waals surface area contributed by atoms with E-state index in [0.29, 0.717) is 12.4 Å². The second-order valence-corrected chi connectivity index (χ2v) is 6.16. The fourth-order valence-corrected chi connectivity index (χ4v) is 3.36. The molecule has 3 aromatic heterocycles. The normalized spacial score (nSPS) is 21.3. The number of anilines is 1. The zero-order chi connectivity index (χ0) is 14.9. The van der Waals surface area contributed by atoms with Crippen molar-refractivity contribution in [2.24, 2.45) is 0 Å². The molecule has 0 bridgehead atoms. The van der Waals surface area contributed by atoms with Gasteiger partial charge in [-0.25, -0.2) is 9.97 Å². The molecule has 3 N–H and O–H groups in total. The quantitative estimate of drug-likeness (QED) is 0.680. The van der Waals surface area contributed by atoms with Crippen LogP contribution in [0.3, 0.4) is 0 Å². The molecule has 1 aliphatic heterocycles. The number of fused-ring (bicyclic) bond motifs is 1. The number of nitrogens with zero attached hydrogens (tertiary/aromatic N) is 3. The van der Waals surface area contributed by atoms with E-state index < -0.39 is 6.10 Å². The van der Waals surface area contributed by atoms with Crippen LogP contribution in [0.1, 0.15) is 0 Å². The van der Waals surface area contributed by atoms with Crippen molar-refractivity contribution in [1.29, 1.82) is 0 Å². The van der Waals surface area contributed by atoms with Gasteiger partial charge in [-0.1, -0.05) is 0 Å². The van der Waals surface area contributed by atoms with E-state index in [4.69, 9.17) is 0 Å². The maximum atomic E-state index is 9.99. The number of pyridine rings is 1. The molecule has 0 aromatic carbocycles. The third kappa shape index (κ3) is 2.43. The van der Waals surface area contributed by atoms with Crippen molar-refractivity contribution >= 4 is 27.4 Å². The topological polar surface area (TPSA) is 83.0 Å². The van der Waals surface area contributed by atoms with Crippen molar-refractivity contribution < 1.29 is 5.11 Å². The molecule has 0 aliphatic carbocycles. The van der Waals surface area contributed by atoms with Gasteiger partial charge >= 0.3 is 0 Å². The number of thiophene rings is 1. The first-order valence-electron chi connectivity index (χ1n) is 7.12. The molecular formula is C15H15N5OS. The molecule has 0 amide bonds. The molecule has 7 heteroatoms. The van der Waals surface area contributed by atoms with Crippen LogP contribution in [0.15, 0.2) is 36.0 Å². The molecular weight excluding hydrogens is 298 g/mol. The lowest BCUT2D eigenvalue weighted by molar-refractivity contribution is 0.185. The van der Waals surface area contributed by atoms with Crippen LogP contribution < -0.4 is 10.6 Å². The Hall–Kier alpha value is -2.09. The van der Waals surface area contributed by atoms with Crippen molar-refractivity contribution in [2.75, 3.05) is 18.4 Å². The molecule has 1 aliphatic rings. The fraction of sp³-hybridized carbons (Fsp3) is 0.267. The van der Waals surface area contributed by atoms with Crippen LogP contribution in [0.25, 0.3) is 21.6 Å². The van der Waals surface area contributed by atoms with E-state index in [9.17, 15) is 5.11 Å². The van der Waals surface area contributed by atoms with Crippen molar-refractivity contribution in [3.63, 3.8) is 0 Å². The van der Waals surface area contributed by atoms with Crippen LogP contribution in [0, 0.1) is 0 Å². The molecule has 6 nitrogen and oxygen atoms in total. The zero-order valence-electron chi connectivity index (χ0n) is 11.7. The number of hydrogen-bond acceptors (Lipinski definition) is 7. The average Bonchev–Trinajstić information content (AvgIpc) is 3.17. The summed E-state index contributed by atoms with van der Waals surface area (Å²) in [5.74, 6) is 1.44. The van der Waals surface area contributed by atoms with Gasteiger partial charge in [0.2, 0.25) is 0 Å². The van der Waals surface area contributed by atoms with Crippen LogP contribution >= 0.6 is 11.3 Å². The van der Waals surface area contributed by atoms with Gasteiger partial charge in [0.25, 0.3) is 0 Å². The van der Waals surface area contributed by atoms with Crippen LogP contribution in [0.5, 0.6) is 0 Å². The van der Waals surface area contributed by atoms with E-state index in [2.05, 4.69) is 25.6 Å². The van der Waals surface area contributed by atoms with Gasteiger partial charge in [0, 0.05) is 31.0 Å². The molecule has 112 valence electrons.